The summed E-state index contributed by atoms with van der Waals surface area (Å²) in [5.41, 5.74) is 2.15. The molecule has 1 atom stereocenters. The molecule has 0 aliphatic heterocycles. The summed E-state index contributed by atoms with van der Waals surface area (Å²) in [4.78, 5) is 27.8. The predicted octanol–water partition coefficient (Wildman–Crippen LogP) is 4.51. The molecule has 0 saturated heterocycles. The first-order chi connectivity index (χ1) is 14.9. The first kappa shape index (κ1) is 24.8. The van der Waals surface area contributed by atoms with Gasteiger partial charge in [0.25, 0.3) is 0 Å². The normalized spacial score (nSPS) is 11.8. The van der Waals surface area contributed by atoms with Crippen LogP contribution in [0.25, 0.3) is 0 Å². The number of ether oxygens (including phenoxy) is 1. The first-order valence-corrected chi connectivity index (χ1v) is 11.9. The topological polar surface area (TPSA) is 58.6 Å². The van der Waals surface area contributed by atoms with Crippen molar-refractivity contribution in [2.75, 3.05) is 19.4 Å². The van der Waals surface area contributed by atoms with Crippen LogP contribution in [0, 0.1) is 5.92 Å². The van der Waals surface area contributed by atoms with Gasteiger partial charge in [-0.25, -0.2) is 0 Å². The maximum atomic E-state index is 13.2. The number of thioether (sulfide) groups is 1. The lowest BCUT2D eigenvalue weighted by atomic mass is 10.1. The zero-order valence-electron chi connectivity index (χ0n) is 19.0. The average molecular weight is 443 g/mol. The van der Waals surface area contributed by atoms with Crippen molar-refractivity contribution in [2.24, 2.45) is 5.92 Å². The molecule has 5 nitrogen and oxygen atoms in total. The summed E-state index contributed by atoms with van der Waals surface area (Å²) in [6.07, 6.45) is 0.565. The van der Waals surface area contributed by atoms with Crippen LogP contribution in [0.5, 0.6) is 5.75 Å². The lowest BCUT2D eigenvalue weighted by Crippen LogP contribution is -2.50. The minimum atomic E-state index is -0.495. The largest absolute Gasteiger partial charge is 0.497 e. The highest BCUT2D eigenvalue weighted by Gasteiger charge is 2.28. The standard InChI is InChI=1S/C25H34N2O3S/c1-5-23(25(29)26-15-19(2)3)27(16-20-11-13-22(30-4)14-12-20)24(28)18-31-17-21-9-7-6-8-10-21/h6-14,19,23H,5,15-18H2,1-4H3,(H,26,29). The van der Waals surface area contributed by atoms with E-state index in [0.29, 0.717) is 31.2 Å². The van der Waals surface area contributed by atoms with Crippen LogP contribution >= 0.6 is 11.8 Å². The van der Waals surface area contributed by atoms with Crippen molar-refractivity contribution in [1.82, 2.24) is 10.2 Å². The number of rotatable bonds is 12. The number of nitrogens with one attached hydrogen (secondary N) is 1. The van der Waals surface area contributed by atoms with Gasteiger partial charge in [-0.1, -0.05) is 63.2 Å². The van der Waals surface area contributed by atoms with E-state index >= 15 is 0 Å². The fourth-order valence-electron chi connectivity index (χ4n) is 3.18. The maximum absolute atomic E-state index is 13.2. The van der Waals surface area contributed by atoms with Crippen LogP contribution in [0.3, 0.4) is 0 Å². The molecule has 2 aromatic carbocycles. The molecule has 31 heavy (non-hydrogen) atoms. The third-order valence-electron chi connectivity index (χ3n) is 4.92. The Kier molecular flexibility index (Phi) is 10.4. The van der Waals surface area contributed by atoms with Gasteiger partial charge in [-0.3, -0.25) is 9.59 Å². The van der Waals surface area contributed by atoms with Gasteiger partial charge in [0.1, 0.15) is 11.8 Å². The zero-order chi connectivity index (χ0) is 22.6. The van der Waals surface area contributed by atoms with Crippen molar-refractivity contribution in [3.05, 3.63) is 65.7 Å². The van der Waals surface area contributed by atoms with Crippen LogP contribution in [-0.4, -0.2) is 42.2 Å². The zero-order valence-corrected chi connectivity index (χ0v) is 19.8. The maximum Gasteiger partial charge on any atom is 0.242 e. The SMILES string of the molecule is CCC(C(=O)NCC(C)C)N(Cc1ccc(OC)cc1)C(=O)CSCc1ccccc1. The number of carbonyl (C=O) groups excluding carboxylic acids is 2. The molecule has 0 heterocycles. The van der Waals surface area contributed by atoms with E-state index in [1.165, 1.54) is 5.56 Å². The van der Waals surface area contributed by atoms with E-state index in [1.54, 1.807) is 23.8 Å². The van der Waals surface area contributed by atoms with Crippen LogP contribution < -0.4 is 10.1 Å². The number of benzene rings is 2. The smallest absolute Gasteiger partial charge is 0.242 e. The van der Waals surface area contributed by atoms with E-state index in [1.807, 2.05) is 49.4 Å². The Morgan fingerprint density at radius 1 is 1.03 bits per heavy atom. The molecule has 2 aromatic rings. The van der Waals surface area contributed by atoms with Crippen LogP contribution in [0.1, 0.15) is 38.3 Å². The van der Waals surface area contributed by atoms with E-state index in [9.17, 15) is 9.59 Å². The Bertz CT molecular complexity index is 809. The van der Waals surface area contributed by atoms with Crippen molar-refractivity contribution >= 4 is 23.6 Å². The molecule has 168 valence electrons. The van der Waals surface area contributed by atoms with Crippen LogP contribution in [0.2, 0.25) is 0 Å². The molecule has 6 heteroatoms. The summed E-state index contributed by atoms with van der Waals surface area (Å²) >= 11 is 1.57. The monoisotopic (exact) mass is 442 g/mol. The van der Waals surface area contributed by atoms with Crippen molar-refractivity contribution in [3.63, 3.8) is 0 Å². The van der Waals surface area contributed by atoms with Gasteiger partial charge in [-0.15, -0.1) is 11.8 Å². The van der Waals surface area contributed by atoms with Crippen molar-refractivity contribution in [3.8, 4) is 5.75 Å². The molecule has 1 N–H and O–H groups in total. The van der Waals surface area contributed by atoms with Crippen molar-refractivity contribution in [2.45, 2.75) is 45.5 Å². The fourth-order valence-corrected chi connectivity index (χ4v) is 4.05. The molecule has 0 fully saturated rings. The van der Waals surface area contributed by atoms with Crippen LogP contribution in [0.15, 0.2) is 54.6 Å². The number of hydrogen-bond acceptors (Lipinski definition) is 4. The second kappa shape index (κ2) is 13.1. The van der Waals surface area contributed by atoms with Gasteiger partial charge in [-0.05, 0) is 35.6 Å². The number of carbonyl (C=O) groups is 2. The molecule has 0 aliphatic carbocycles. The minimum absolute atomic E-state index is 0.0247. The quantitative estimate of drug-likeness (QED) is 0.525. The number of nitrogens with zero attached hydrogens (tertiary/aromatic N) is 1. The molecule has 0 aromatic heterocycles. The van der Waals surface area contributed by atoms with Gasteiger partial charge in [0, 0.05) is 18.8 Å². The van der Waals surface area contributed by atoms with Crippen LogP contribution in [-0.2, 0) is 21.9 Å². The molecule has 0 aliphatic rings. The Labute approximate surface area is 190 Å². The third-order valence-corrected chi connectivity index (χ3v) is 5.91. The van der Waals surface area contributed by atoms with Gasteiger partial charge in [-0.2, -0.15) is 0 Å². The van der Waals surface area contributed by atoms with E-state index in [0.717, 1.165) is 17.1 Å². The van der Waals surface area contributed by atoms with Crippen LogP contribution in [0.4, 0.5) is 0 Å². The summed E-state index contributed by atoms with van der Waals surface area (Å²) in [5, 5.41) is 2.99. The molecule has 0 radical (unpaired) electrons. The van der Waals surface area contributed by atoms with E-state index in [-0.39, 0.29) is 11.8 Å². The van der Waals surface area contributed by atoms with Crippen molar-refractivity contribution < 1.29 is 14.3 Å². The van der Waals surface area contributed by atoms with E-state index in [4.69, 9.17) is 4.74 Å². The van der Waals surface area contributed by atoms with Crippen molar-refractivity contribution in [1.29, 1.82) is 0 Å². The van der Waals surface area contributed by atoms with Gasteiger partial charge in [0.05, 0.1) is 12.9 Å². The molecule has 0 saturated carbocycles. The number of amides is 2. The second-order valence-electron chi connectivity index (χ2n) is 7.91. The summed E-state index contributed by atoms with van der Waals surface area (Å²) in [7, 11) is 1.63. The minimum Gasteiger partial charge on any atom is -0.497 e. The molecule has 2 rings (SSSR count). The summed E-state index contributed by atoms with van der Waals surface area (Å²) in [5.74, 6) is 2.10. The molecular weight excluding hydrogens is 408 g/mol. The van der Waals surface area contributed by atoms with E-state index < -0.39 is 6.04 Å². The Morgan fingerprint density at radius 2 is 1.71 bits per heavy atom. The lowest BCUT2D eigenvalue weighted by molar-refractivity contribution is -0.139. The van der Waals surface area contributed by atoms with Gasteiger partial charge in [0.2, 0.25) is 11.8 Å². The summed E-state index contributed by atoms with van der Waals surface area (Å²) < 4.78 is 5.23. The second-order valence-corrected chi connectivity index (χ2v) is 8.90. The first-order valence-electron chi connectivity index (χ1n) is 10.8. The Morgan fingerprint density at radius 3 is 2.29 bits per heavy atom. The summed E-state index contributed by atoms with van der Waals surface area (Å²) in [6.45, 7) is 7.06. The predicted molar refractivity (Wildman–Crippen MR) is 128 cm³/mol. The Balaban J connectivity index is 2.11. The average Bonchev–Trinajstić information content (AvgIpc) is 2.78. The number of hydrogen-bond donors (Lipinski definition) is 1. The highest BCUT2D eigenvalue weighted by atomic mass is 32.2. The highest BCUT2D eigenvalue weighted by molar-refractivity contribution is 7.99. The number of methoxy groups -OCH3 is 1. The highest BCUT2D eigenvalue weighted by Crippen LogP contribution is 2.19. The van der Waals surface area contributed by atoms with Gasteiger partial charge < -0.3 is 15.0 Å². The van der Waals surface area contributed by atoms with Gasteiger partial charge >= 0.3 is 0 Å². The molecule has 0 bridgehead atoms. The molecular formula is C25H34N2O3S. The Hall–Kier alpha value is -2.47. The fraction of sp³-hybridized carbons (Fsp3) is 0.440. The molecule has 1 unspecified atom stereocenters. The lowest BCUT2D eigenvalue weighted by Gasteiger charge is -2.31. The van der Waals surface area contributed by atoms with Gasteiger partial charge in [0.15, 0.2) is 0 Å². The van der Waals surface area contributed by atoms with E-state index in [2.05, 4.69) is 31.3 Å². The summed E-state index contributed by atoms with van der Waals surface area (Å²) in [6, 6.07) is 17.2. The molecule has 2 amide bonds. The third kappa shape index (κ3) is 8.29. The molecule has 0 spiro atoms.